The number of aromatic nitrogens is 2. The first-order valence-electron chi connectivity index (χ1n) is 4.68. The maximum atomic E-state index is 11.5. The van der Waals surface area contributed by atoms with Crippen molar-refractivity contribution in [2.45, 2.75) is 12.8 Å². The van der Waals surface area contributed by atoms with Crippen molar-refractivity contribution >= 4 is 26.7 Å². The van der Waals surface area contributed by atoms with Crippen molar-refractivity contribution in [1.82, 2.24) is 14.5 Å². The minimum absolute atomic E-state index is 0.278. The van der Waals surface area contributed by atoms with E-state index in [1.54, 1.807) is 0 Å². The molecule has 1 heterocycles. The maximum absolute atomic E-state index is 11.5. The average molecular weight is 265 g/mol. The summed E-state index contributed by atoms with van der Waals surface area (Å²) in [5, 5.41) is 8.67. The second-order valence-electron chi connectivity index (χ2n) is 3.28. The summed E-state index contributed by atoms with van der Waals surface area (Å²) in [6.45, 7) is 0.582. The van der Waals surface area contributed by atoms with Gasteiger partial charge in [0.05, 0.1) is 0 Å². The van der Waals surface area contributed by atoms with Gasteiger partial charge in [-0.1, -0.05) is 11.3 Å². The van der Waals surface area contributed by atoms with E-state index in [0.717, 1.165) is 22.2 Å². The normalized spacial score (nSPS) is 12.0. The monoisotopic (exact) mass is 265 g/mol. The molecule has 0 fully saturated rings. The Morgan fingerprint density at radius 1 is 1.44 bits per heavy atom. The average Bonchev–Trinajstić information content (AvgIpc) is 2.61. The fourth-order valence-corrected chi connectivity index (χ4v) is 2.41. The molecule has 0 saturated heterocycles. The van der Waals surface area contributed by atoms with Gasteiger partial charge in [0.2, 0.25) is 5.13 Å². The molecule has 0 amide bonds. The van der Waals surface area contributed by atoms with Crippen LogP contribution in [0, 0.1) is 0 Å². The van der Waals surface area contributed by atoms with Crippen molar-refractivity contribution in [3.63, 3.8) is 0 Å². The minimum atomic E-state index is -3.49. The molecule has 9 heteroatoms. The zero-order valence-corrected chi connectivity index (χ0v) is 10.8. The molecule has 0 saturated carbocycles. The summed E-state index contributed by atoms with van der Waals surface area (Å²) in [6.07, 6.45) is 1.53. The molecular weight excluding hydrogens is 250 g/mol. The van der Waals surface area contributed by atoms with Crippen LogP contribution in [0.15, 0.2) is 0 Å². The van der Waals surface area contributed by atoms with Crippen molar-refractivity contribution in [2.75, 3.05) is 25.4 Å². The maximum Gasteiger partial charge on any atom is 0.302 e. The molecule has 0 bridgehead atoms. The Balaban J connectivity index is 2.65. The van der Waals surface area contributed by atoms with E-state index in [1.807, 2.05) is 0 Å². The van der Waals surface area contributed by atoms with E-state index in [1.165, 1.54) is 25.4 Å². The standard InChI is InChI=1S/C7H15N5O2S2/c1-12(2)16(13,14)11-7-10-9-6(15-7)4-3-5-8/h3-5,8H2,1-2H3,(H,10,11). The summed E-state index contributed by atoms with van der Waals surface area (Å²) in [4.78, 5) is 0. The lowest BCUT2D eigenvalue weighted by molar-refractivity contribution is 0.526. The zero-order valence-electron chi connectivity index (χ0n) is 9.17. The first-order chi connectivity index (χ1) is 7.45. The second kappa shape index (κ2) is 5.53. The molecule has 1 aromatic rings. The molecule has 3 N–H and O–H groups in total. The van der Waals surface area contributed by atoms with Gasteiger partial charge in [-0.2, -0.15) is 12.7 Å². The van der Waals surface area contributed by atoms with E-state index in [2.05, 4.69) is 14.9 Å². The fraction of sp³-hybridized carbons (Fsp3) is 0.714. The highest BCUT2D eigenvalue weighted by Crippen LogP contribution is 2.17. The Hall–Kier alpha value is -0.770. The molecule has 92 valence electrons. The van der Waals surface area contributed by atoms with E-state index in [4.69, 9.17) is 5.73 Å². The van der Waals surface area contributed by atoms with Gasteiger partial charge in [0.1, 0.15) is 5.01 Å². The Labute approximate surface area is 98.8 Å². The number of nitrogens with zero attached hydrogens (tertiary/aromatic N) is 3. The van der Waals surface area contributed by atoms with E-state index in [9.17, 15) is 8.42 Å². The number of hydrogen-bond donors (Lipinski definition) is 2. The lowest BCUT2D eigenvalue weighted by atomic mass is 10.3. The summed E-state index contributed by atoms with van der Waals surface area (Å²) in [5.74, 6) is 0. The lowest BCUT2D eigenvalue weighted by Crippen LogP contribution is -2.28. The number of anilines is 1. The van der Waals surface area contributed by atoms with Gasteiger partial charge in [-0.25, -0.2) is 4.72 Å². The molecule has 0 radical (unpaired) electrons. The SMILES string of the molecule is CN(C)S(=O)(=O)Nc1nnc(CCCN)s1. The quantitative estimate of drug-likeness (QED) is 0.732. The number of nitrogens with one attached hydrogen (secondary N) is 1. The highest BCUT2D eigenvalue weighted by atomic mass is 32.2. The van der Waals surface area contributed by atoms with Crippen LogP contribution in [-0.4, -0.2) is 43.6 Å². The van der Waals surface area contributed by atoms with Crippen molar-refractivity contribution in [3.8, 4) is 0 Å². The predicted octanol–water partition coefficient (Wildman–Crippen LogP) is -0.352. The Morgan fingerprint density at radius 3 is 2.69 bits per heavy atom. The van der Waals surface area contributed by atoms with Crippen LogP contribution in [-0.2, 0) is 16.6 Å². The first-order valence-corrected chi connectivity index (χ1v) is 6.94. The highest BCUT2D eigenvalue weighted by Gasteiger charge is 2.15. The van der Waals surface area contributed by atoms with Crippen LogP contribution in [0.1, 0.15) is 11.4 Å². The number of hydrogen-bond acceptors (Lipinski definition) is 6. The van der Waals surface area contributed by atoms with Crippen LogP contribution in [0.25, 0.3) is 0 Å². The van der Waals surface area contributed by atoms with Gasteiger partial charge in [0.15, 0.2) is 0 Å². The number of aryl methyl sites for hydroxylation is 1. The van der Waals surface area contributed by atoms with Crippen molar-refractivity contribution in [1.29, 1.82) is 0 Å². The van der Waals surface area contributed by atoms with E-state index in [0.29, 0.717) is 6.54 Å². The second-order valence-corrected chi connectivity index (χ2v) is 6.23. The van der Waals surface area contributed by atoms with E-state index in [-0.39, 0.29) is 5.13 Å². The number of rotatable bonds is 6. The molecule has 0 aliphatic rings. The van der Waals surface area contributed by atoms with Crippen molar-refractivity contribution in [3.05, 3.63) is 5.01 Å². The molecule has 0 aromatic carbocycles. The molecule has 0 atom stereocenters. The van der Waals surface area contributed by atoms with Crippen LogP contribution in [0.4, 0.5) is 5.13 Å². The van der Waals surface area contributed by atoms with Gasteiger partial charge >= 0.3 is 10.2 Å². The fourth-order valence-electron chi connectivity index (χ4n) is 0.851. The third-order valence-corrected chi connectivity index (χ3v) is 4.20. The summed E-state index contributed by atoms with van der Waals surface area (Å²) in [5.41, 5.74) is 5.36. The number of nitrogens with two attached hydrogens (primary N) is 1. The summed E-state index contributed by atoms with van der Waals surface area (Å²) in [7, 11) is -0.606. The molecule has 1 aromatic heterocycles. The minimum Gasteiger partial charge on any atom is -0.330 e. The highest BCUT2D eigenvalue weighted by molar-refractivity contribution is 7.90. The van der Waals surface area contributed by atoms with Gasteiger partial charge < -0.3 is 5.73 Å². The first kappa shape index (κ1) is 13.3. The van der Waals surface area contributed by atoms with Crippen LogP contribution >= 0.6 is 11.3 Å². The molecular formula is C7H15N5O2S2. The molecule has 7 nitrogen and oxygen atoms in total. The van der Waals surface area contributed by atoms with Crippen LogP contribution in [0.2, 0.25) is 0 Å². The van der Waals surface area contributed by atoms with Gasteiger partial charge in [-0.15, -0.1) is 10.2 Å². The smallest absolute Gasteiger partial charge is 0.302 e. The topological polar surface area (TPSA) is 101 Å². The summed E-state index contributed by atoms with van der Waals surface area (Å²) >= 11 is 1.22. The van der Waals surface area contributed by atoms with Crippen molar-refractivity contribution < 1.29 is 8.42 Å². The van der Waals surface area contributed by atoms with Gasteiger partial charge in [0.25, 0.3) is 0 Å². The lowest BCUT2D eigenvalue weighted by Gasteiger charge is -2.10. The molecule has 0 aliphatic heterocycles. The Kier molecular flexibility index (Phi) is 4.59. The summed E-state index contributed by atoms with van der Waals surface area (Å²) in [6, 6.07) is 0. The third kappa shape index (κ3) is 3.67. The molecule has 16 heavy (non-hydrogen) atoms. The van der Waals surface area contributed by atoms with Gasteiger partial charge in [0, 0.05) is 20.5 Å². The summed E-state index contributed by atoms with van der Waals surface area (Å²) < 4.78 is 26.3. The van der Waals surface area contributed by atoms with E-state index < -0.39 is 10.2 Å². The van der Waals surface area contributed by atoms with Crippen LogP contribution in [0.3, 0.4) is 0 Å². The van der Waals surface area contributed by atoms with Crippen LogP contribution in [0.5, 0.6) is 0 Å². The van der Waals surface area contributed by atoms with Gasteiger partial charge in [-0.3, -0.25) is 0 Å². The van der Waals surface area contributed by atoms with Crippen LogP contribution < -0.4 is 10.5 Å². The largest absolute Gasteiger partial charge is 0.330 e. The predicted molar refractivity (Wildman–Crippen MR) is 63.5 cm³/mol. The molecule has 0 spiro atoms. The molecule has 0 unspecified atom stereocenters. The third-order valence-electron chi connectivity index (χ3n) is 1.76. The molecule has 1 rings (SSSR count). The van der Waals surface area contributed by atoms with Crippen molar-refractivity contribution in [2.24, 2.45) is 5.73 Å². The Morgan fingerprint density at radius 2 is 2.12 bits per heavy atom. The molecule has 0 aliphatic carbocycles. The van der Waals surface area contributed by atoms with Gasteiger partial charge in [-0.05, 0) is 13.0 Å². The van der Waals surface area contributed by atoms with E-state index >= 15 is 0 Å². The zero-order chi connectivity index (χ0) is 12.2. The Bertz CT molecular complexity index is 428.